The SMILES string of the molecule is O=S(O)C(F)(F)CC12CC3CC1CC3C2. The molecule has 3 unspecified atom stereocenters. The molecule has 1 N–H and O–H groups in total. The third-order valence-electron chi connectivity index (χ3n) is 4.86. The van der Waals surface area contributed by atoms with Crippen LogP contribution >= 0.6 is 0 Å². The van der Waals surface area contributed by atoms with Crippen molar-refractivity contribution in [3.8, 4) is 0 Å². The zero-order chi connectivity index (χ0) is 10.8. The third kappa shape index (κ3) is 1.25. The van der Waals surface area contributed by atoms with E-state index < -0.39 is 16.3 Å². The van der Waals surface area contributed by atoms with Gasteiger partial charge < -0.3 is 4.55 Å². The van der Waals surface area contributed by atoms with E-state index in [1.807, 2.05) is 0 Å². The van der Waals surface area contributed by atoms with E-state index in [0.29, 0.717) is 17.8 Å². The first-order valence-electron chi connectivity index (χ1n) is 5.42. The molecule has 0 aromatic heterocycles. The maximum absolute atomic E-state index is 13.3. The van der Waals surface area contributed by atoms with Gasteiger partial charge in [-0.25, -0.2) is 4.21 Å². The predicted molar refractivity (Wildman–Crippen MR) is 51.7 cm³/mol. The Kier molecular flexibility index (Phi) is 1.89. The molecule has 4 aliphatic carbocycles. The maximum atomic E-state index is 13.3. The Morgan fingerprint density at radius 2 is 1.87 bits per heavy atom. The Balaban J connectivity index is 1.82. The lowest BCUT2D eigenvalue weighted by Crippen LogP contribution is -2.33. The largest absolute Gasteiger partial charge is 0.345 e. The van der Waals surface area contributed by atoms with E-state index in [4.69, 9.17) is 4.55 Å². The van der Waals surface area contributed by atoms with Gasteiger partial charge in [0.1, 0.15) is 0 Å². The molecule has 4 bridgehead atoms. The van der Waals surface area contributed by atoms with Crippen molar-refractivity contribution in [1.82, 2.24) is 0 Å². The van der Waals surface area contributed by atoms with Crippen molar-refractivity contribution in [2.75, 3.05) is 0 Å². The minimum absolute atomic E-state index is 0.294. The van der Waals surface area contributed by atoms with Gasteiger partial charge in [-0.3, -0.25) is 0 Å². The summed E-state index contributed by atoms with van der Waals surface area (Å²) in [5.74, 6) is 1.68. The first-order valence-corrected chi connectivity index (χ1v) is 6.52. The van der Waals surface area contributed by atoms with E-state index in [2.05, 4.69) is 0 Å². The topological polar surface area (TPSA) is 37.3 Å². The molecule has 86 valence electrons. The molecule has 0 heterocycles. The second-order valence-electron chi connectivity index (χ2n) is 5.52. The summed E-state index contributed by atoms with van der Waals surface area (Å²) in [7, 11) is 0. The lowest BCUT2D eigenvalue weighted by Gasteiger charge is -2.31. The van der Waals surface area contributed by atoms with Crippen LogP contribution < -0.4 is 0 Å². The molecule has 0 aromatic rings. The quantitative estimate of drug-likeness (QED) is 0.765. The lowest BCUT2D eigenvalue weighted by molar-refractivity contribution is 0.0209. The van der Waals surface area contributed by atoms with Crippen molar-refractivity contribution >= 4 is 11.1 Å². The highest BCUT2D eigenvalue weighted by atomic mass is 32.2. The maximum Gasteiger partial charge on any atom is 0.345 e. The highest BCUT2D eigenvalue weighted by molar-refractivity contribution is 7.80. The van der Waals surface area contributed by atoms with Gasteiger partial charge in [0.15, 0.2) is 0 Å². The second kappa shape index (κ2) is 2.80. The summed E-state index contributed by atoms with van der Waals surface area (Å²) >= 11 is -3.01. The van der Waals surface area contributed by atoms with Crippen LogP contribution in [-0.2, 0) is 11.1 Å². The van der Waals surface area contributed by atoms with Crippen LogP contribution in [0.15, 0.2) is 0 Å². The number of rotatable bonds is 3. The highest BCUT2D eigenvalue weighted by Gasteiger charge is 2.65. The van der Waals surface area contributed by atoms with Gasteiger partial charge in [0.25, 0.3) is 0 Å². The molecule has 15 heavy (non-hydrogen) atoms. The summed E-state index contributed by atoms with van der Waals surface area (Å²) in [5.41, 5.74) is -0.294. The van der Waals surface area contributed by atoms with Crippen LogP contribution in [0.25, 0.3) is 0 Å². The molecule has 0 radical (unpaired) electrons. The van der Waals surface area contributed by atoms with Crippen molar-refractivity contribution in [2.24, 2.45) is 23.2 Å². The minimum Gasteiger partial charge on any atom is -0.301 e. The van der Waals surface area contributed by atoms with Gasteiger partial charge in [0.2, 0.25) is 11.1 Å². The molecule has 4 rings (SSSR count). The second-order valence-corrected chi connectivity index (χ2v) is 6.62. The highest BCUT2D eigenvalue weighted by Crippen LogP contribution is 2.72. The molecule has 0 aliphatic heterocycles. The first-order chi connectivity index (χ1) is 6.93. The summed E-state index contributed by atoms with van der Waals surface area (Å²) in [5, 5.41) is -3.41. The van der Waals surface area contributed by atoms with Crippen LogP contribution in [0.5, 0.6) is 0 Å². The van der Waals surface area contributed by atoms with Gasteiger partial charge in [0, 0.05) is 6.42 Å². The fourth-order valence-corrected chi connectivity index (χ4v) is 4.84. The van der Waals surface area contributed by atoms with Crippen LogP contribution in [-0.4, -0.2) is 14.0 Å². The van der Waals surface area contributed by atoms with Gasteiger partial charge in [-0.1, -0.05) is 0 Å². The summed E-state index contributed by atoms with van der Waals surface area (Å²) in [6.07, 6.45) is 3.53. The molecule has 0 saturated heterocycles. The number of hydrogen-bond acceptors (Lipinski definition) is 1. The smallest absolute Gasteiger partial charge is 0.301 e. The summed E-state index contributed by atoms with van der Waals surface area (Å²) < 4.78 is 45.7. The zero-order valence-corrected chi connectivity index (χ0v) is 9.10. The monoisotopic (exact) mass is 236 g/mol. The molecule has 3 atom stereocenters. The fraction of sp³-hybridized carbons (Fsp3) is 1.00. The lowest BCUT2D eigenvalue weighted by atomic mass is 9.78. The van der Waals surface area contributed by atoms with Crippen LogP contribution in [0.1, 0.15) is 32.1 Å². The summed E-state index contributed by atoms with van der Waals surface area (Å²) in [6, 6.07) is 0. The zero-order valence-electron chi connectivity index (χ0n) is 8.29. The normalized spacial score (nSPS) is 49.1. The number of halogens is 2. The van der Waals surface area contributed by atoms with Gasteiger partial charge in [-0.05, 0) is 48.9 Å². The van der Waals surface area contributed by atoms with Gasteiger partial charge in [0.05, 0.1) is 0 Å². The van der Waals surface area contributed by atoms with E-state index in [0.717, 1.165) is 25.7 Å². The summed E-state index contributed by atoms with van der Waals surface area (Å²) in [6.45, 7) is 0. The Morgan fingerprint density at radius 1 is 1.33 bits per heavy atom. The van der Waals surface area contributed by atoms with E-state index in [9.17, 15) is 13.0 Å². The Hall–Kier alpha value is -0.0300. The Labute approximate surface area is 89.7 Å². The fourth-order valence-electron chi connectivity index (χ4n) is 4.43. The standard InChI is InChI=1S/C10H14F2O2S/c11-10(12,15(13)14)5-9-3-6-1-8(9)2-7(6)4-9/h6-8H,1-5H2,(H,13,14). The molecule has 4 saturated carbocycles. The molecule has 5 heteroatoms. The van der Waals surface area contributed by atoms with Crippen molar-refractivity contribution in [1.29, 1.82) is 0 Å². The van der Waals surface area contributed by atoms with Crippen LogP contribution in [0, 0.1) is 23.2 Å². The van der Waals surface area contributed by atoms with Crippen molar-refractivity contribution in [2.45, 2.75) is 37.4 Å². The van der Waals surface area contributed by atoms with E-state index >= 15 is 0 Å². The van der Waals surface area contributed by atoms with Crippen LogP contribution in [0.2, 0.25) is 0 Å². The van der Waals surface area contributed by atoms with Crippen molar-refractivity contribution in [3.63, 3.8) is 0 Å². The van der Waals surface area contributed by atoms with E-state index in [1.54, 1.807) is 0 Å². The van der Waals surface area contributed by atoms with Crippen molar-refractivity contribution < 1.29 is 17.5 Å². The van der Waals surface area contributed by atoms with Crippen LogP contribution in [0.3, 0.4) is 0 Å². The van der Waals surface area contributed by atoms with E-state index in [1.165, 1.54) is 0 Å². The molecule has 0 aromatic carbocycles. The Morgan fingerprint density at radius 3 is 2.20 bits per heavy atom. The number of hydrogen-bond donors (Lipinski definition) is 1. The molecular formula is C10H14F2O2S. The molecule has 4 fully saturated rings. The molecule has 0 amide bonds. The van der Waals surface area contributed by atoms with Crippen molar-refractivity contribution in [3.05, 3.63) is 0 Å². The average Bonchev–Trinajstić information content (AvgIpc) is 2.71. The third-order valence-corrected chi connectivity index (χ3v) is 5.51. The molecule has 4 aliphatic rings. The van der Waals surface area contributed by atoms with Crippen LogP contribution in [0.4, 0.5) is 8.78 Å². The van der Waals surface area contributed by atoms with Gasteiger partial charge in [-0.15, -0.1) is 0 Å². The van der Waals surface area contributed by atoms with E-state index in [-0.39, 0.29) is 11.8 Å². The average molecular weight is 236 g/mol. The molecular weight excluding hydrogens is 222 g/mol. The van der Waals surface area contributed by atoms with Gasteiger partial charge >= 0.3 is 5.25 Å². The molecule has 0 spiro atoms. The minimum atomic E-state index is -3.41. The predicted octanol–water partition coefficient (Wildman–Crippen LogP) is 2.63. The molecule has 2 nitrogen and oxygen atoms in total. The Bertz CT molecular complexity index is 317. The first kappa shape index (κ1) is 10.1. The number of alkyl halides is 2. The summed E-state index contributed by atoms with van der Waals surface area (Å²) in [4.78, 5) is 0. The van der Waals surface area contributed by atoms with Gasteiger partial charge in [-0.2, -0.15) is 8.78 Å².